The third-order valence-electron chi connectivity index (χ3n) is 4.61. The minimum Gasteiger partial charge on any atom is -0.368 e. The molecule has 3 N–H and O–H groups in total. The molecule has 1 aromatic heterocycles. The summed E-state index contributed by atoms with van der Waals surface area (Å²) >= 11 is 2.26. The first kappa shape index (κ1) is 14.3. The standard InChI is InChI=1S/C14H21IN4O/c15-11-8-17-19(9-11)7-5-10-2-1-6-14(10,13(16)20)18-12-3-4-12/h8-10,12,18H,1-7H2,(H2,16,20). The fourth-order valence-corrected chi connectivity index (χ4v) is 3.84. The predicted molar refractivity (Wildman–Crippen MR) is 85.0 cm³/mol. The van der Waals surface area contributed by atoms with Crippen LogP contribution in [0.5, 0.6) is 0 Å². The largest absolute Gasteiger partial charge is 0.368 e. The minimum absolute atomic E-state index is 0.165. The van der Waals surface area contributed by atoms with Gasteiger partial charge in [-0.3, -0.25) is 9.48 Å². The molecular weight excluding hydrogens is 367 g/mol. The molecule has 2 aliphatic carbocycles. The van der Waals surface area contributed by atoms with E-state index in [1.807, 2.05) is 17.1 Å². The van der Waals surface area contributed by atoms with E-state index in [0.717, 1.165) is 35.8 Å². The second-order valence-corrected chi connectivity index (χ2v) is 7.30. The Morgan fingerprint density at radius 2 is 2.35 bits per heavy atom. The molecule has 110 valence electrons. The van der Waals surface area contributed by atoms with Gasteiger partial charge in [0, 0.05) is 18.8 Å². The van der Waals surface area contributed by atoms with Gasteiger partial charge in [-0.25, -0.2) is 0 Å². The van der Waals surface area contributed by atoms with Crippen LogP contribution in [0.1, 0.15) is 38.5 Å². The molecule has 2 saturated carbocycles. The quantitative estimate of drug-likeness (QED) is 0.728. The van der Waals surface area contributed by atoms with Crippen LogP contribution in [0.2, 0.25) is 0 Å². The smallest absolute Gasteiger partial charge is 0.238 e. The molecule has 20 heavy (non-hydrogen) atoms. The van der Waals surface area contributed by atoms with Crippen LogP contribution >= 0.6 is 22.6 Å². The molecule has 0 bridgehead atoms. The number of nitrogens with one attached hydrogen (secondary N) is 1. The third-order valence-corrected chi connectivity index (χ3v) is 5.16. The number of hydrogen-bond acceptors (Lipinski definition) is 3. The average Bonchev–Trinajstić information content (AvgIpc) is 2.95. The molecule has 2 unspecified atom stereocenters. The zero-order valence-electron chi connectivity index (χ0n) is 11.5. The van der Waals surface area contributed by atoms with Crippen LogP contribution in [-0.2, 0) is 11.3 Å². The van der Waals surface area contributed by atoms with Crippen LogP contribution in [0, 0.1) is 9.49 Å². The Morgan fingerprint density at radius 3 is 2.95 bits per heavy atom. The van der Waals surface area contributed by atoms with Gasteiger partial charge in [-0.05, 0) is 60.6 Å². The van der Waals surface area contributed by atoms with Crippen molar-refractivity contribution in [1.29, 1.82) is 0 Å². The van der Waals surface area contributed by atoms with Crippen LogP contribution in [0.3, 0.4) is 0 Å². The number of aryl methyl sites for hydroxylation is 1. The minimum atomic E-state index is -0.471. The van der Waals surface area contributed by atoms with Gasteiger partial charge in [0.15, 0.2) is 0 Å². The van der Waals surface area contributed by atoms with Gasteiger partial charge in [0.25, 0.3) is 0 Å². The van der Waals surface area contributed by atoms with Gasteiger partial charge in [-0.2, -0.15) is 5.10 Å². The number of carbonyl (C=O) groups excluding carboxylic acids is 1. The Balaban J connectivity index is 1.67. The van der Waals surface area contributed by atoms with E-state index in [1.54, 1.807) is 0 Å². The number of halogens is 1. The maximum absolute atomic E-state index is 12.0. The van der Waals surface area contributed by atoms with Crippen molar-refractivity contribution in [3.05, 3.63) is 16.0 Å². The number of rotatable bonds is 6. The summed E-state index contributed by atoms with van der Waals surface area (Å²) in [6.07, 6.45) is 10.3. The molecule has 3 rings (SSSR count). The first-order chi connectivity index (χ1) is 9.60. The van der Waals surface area contributed by atoms with Crippen molar-refractivity contribution in [2.45, 2.75) is 56.7 Å². The van der Waals surface area contributed by atoms with Gasteiger partial charge in [0.05, 0.1) is 9.77 Å². The number of nitrogens with zero attached hydrogens (tertiary/aromatic N) is 2. The Morgan fingerprint density at radius 1 is 1.55 bits per heavy atom. The highest BCUT2D eigenvalue weighted by Crippen LogP contribution is 2.40. The summed E-state index contributed by atoms with van der Waals surface area (Å²) in [7, 11) is 0. The van der Waals surface area contributed by atoms with E-state index in [1.165, 1.54) is 12.8 Å². The maximum atomic E-state index is 12.0. The van der Waals surface area contributed by atoms with Crippen LogP contribution < -0.4 is 11.1 Å². The summed E-state index contributed by atoms with van der Waals surface area (Å²) in [5, 5.41) is 7.87. The van der Waals surface area contributed by atoms with Crippen molar-refractivity contribution in [3.8, 4) is 0 Å². The van der Waals surface area contributed by atoms with E-state index >= 15 is 0 Å². The zero-order chi connectivity index (χ0) is 14.2. The highest BCUT2D eigenvalue weighted by Gasteiger charge is 2.49. The second-order valence-electron chi connectivity index (χ2n) is 6.05. The molecule has 2 fully saturated rings. The van der Waals surface area contributed by atoms with Crippen molar-refractivity contribution in [2.75, 3.05) is 0 Å². The predicted octanol–water partition coefficient (Wildman–Crippen LogP) is 1.65. The van der Waals surface area contributed by atoms with Crippen LogP contribution in [0.15, 0.2) is 12.4 Å². The molecule has 1 aromatic rings. The summed E-state index contributed by atoms with van der Waals surface area (Å²) in [4.78, 5) is 12.0. The lowest BCUT2D eigenvalue weighted by molar-refractivity contribution is -0.126. The van der Waals surface area contributed by atoms with E-state index in [2.05, 4.69) is 33.0 Å². The molecule has 0 aliphatic heterocycles. The van der Waals surface area contributed by atoms with Crippen molar-refractivity contribution in [2.24, 2.45) is 11.7 Å². The Hall–Kier alpha value is -0.630. The van der Waals surface area contributed by atoms with Crippen molar-refractivity contribution in [3.63, 3.8) is 0 Å². The number of nitrogens with two attached hydrogens (primary N) is 1. The summed E-state index contributed by atoms with van der Waals surface area (Å²) in [6.45, 7) is 0.856. The molecule has 1 heterocycles. The van der Waals surface area contributed by atoms with Crippen LogP contribution in [0.4, 0.5) is 0 Å². The topological polar surface area (TPSA) is 72.9 Å². The lowest BCUT2D eigenvalue weighted by Crippen LogP contribution is -2.58. The molecule has 0 spiro atoms. The lowest BCUT2D eigenvalue weighted by Gasteiger charge is -2.34. The highest BCUT2D eigenvalue weighted by molar-refractivity contribution is 14.1. The van der Waals surface area contributed by atoms with Crippen molar-refractivity contribution in [1.82, 2.24) is 15.1 Å². The van der Waals surface area contributed by atoms with Gasteiger partial charge in [-0.1, -0.05) is 6.42 Å². The monoisotopic (exact) mass is 388 g/mol. The normalized spacial score (nSPS) is 29.8. The Labute approximate surface area is 132 Å². The molecular formula is C14H21IN4O. The van der Waals surface area contributed by atoms with Gasteiger partial charge < -0.3 is 11.1 Å². The number of carbonyl (C=O) groups is 1. The molecule has 0 radical (unpaired) electrons. The van der Waals surface area contributed by atoms with Crippen molar-refractivity contribution < 1.29 is 4.79 Å². The molecule has 0 aromatic carbocycles. The Kier molecular flexibility index (Phi) is 4.03. The molecule has 5 nitrogen and oxygen atoms in total. The van der Waals surface area contributed by atoms with E-state index in [4.69, 9.17) is 5.73 Å². The first-order valence-corrected chi connectivity index (χ1v) is 8.43. The van der Waals surface area contributed by atoms with Gasteiger partial charge in [0.2, 0.25) is 5.91 Å². The second kappa shape index (κ2) is 5.63. The molecule has 0 saturated heterocycles. The van der Waals surface area contributed by atoms with Gasteiger partial charge in [-0.15, -0.1) is 0 Å². The molecule has 2 atom stereocenters. The van der Waals surface area contributed by atoms with E-state index < -0.39 is 5.54 Å². The summed E-state index contributed by atoms with van der Waals surface area (Å²) in [5.74, 6) is 0.171. The number of primary amides is 1. The number of aromatic nitrogens is 2. The maximum Gasteiger partial charge on any atom is 0.238 e. The fraction of sp³-hybridized carbons (Fsp3) is 0.714. The molecule has 1 amide bonds. The van der Waals surface area contributed by atoms with Gasteiger partial charge in [0.1, 0.15) is 5.54 Å². The first-order valence-electron chi connectivity index (χ1n) is 7.36. The summed E-state index contributed by atoms with van der Waals surface area (Å²) in [5.41, 5.74) is 5.28. The van der Waals surface area contributed by atoms with Crippen LogP contribution in [0.25, 0.3) is 0 Å². The van der Waals surface area contributed by atoms with Crippen molar-refractivity contribution >= 4 is 28.5 Å². The van der Waals surface area contributed by atoms with E-state index in [9.17, 15) is 4.79 Å². The van der Waals surface area contributed by atoms with Gasteiger partial charge >= 0.3 is 0 Å². The number of amides is 1. The third kappa shape index (κ3) is 2.86. The lowest BCUT2D eigenvalue weighted by atomic mass is 9.83. The number of hydrogen-bond donors (Lipinski definition) is 2. The highest BCUT2D eigenvalue weighted by atomic mass is 127. The summed E-state index contributed by atoms with van der Waals surface area (Å²) in [6, 6.07) is 0.508. The fourth-order valence-electron chi connectivity index (χ4n) is 3.39. The summed E-state index contributed by atoms with van der Waals surface area (Å²) < 4.78 is 3.11. The van der Waals surface area contributed by atoms with E-state index in [-0.39, 0.29) is 5.91 Å². The Bertz CT molecular complexity index is 499. The zero-order valence-corrected chi connectivity index (χ0v) is 13.7. The SMILES string of the molecule is NC(=O)C1(NC2CC2)CCCC1CCn1cc(I)cn1. The molecule has 6 heteroatoms. The molecule has 2 aliphatic rings. The average molecular weight is 388 g/mol. The van der Waals surface area contributed by atoms with E-state index in [0.29, 0.717) is 12.0 Å². The van der Waals surface area contributed by atoms with Crippen LogP contribution in [-0.4, -0.2) is 27.3 Å².